The average molecular weight is 198 g/mol. The van der Waals surface area contributed by atoms with Crippen LogP contribution in [0.25, 0.3) is 0 Å². The van der Waals surface area contributed by atoms with Gasteiger partial charge in [-0.1, -0.05) is 22.7 Å². The summed E-state index contributed by atoms with van der Waals surface area (Å²) in [5.41, 5.74) is 0. The van der Waals surface area contributed by atoms with Crippen LogP contribution in [0.2, 0.25) is 0 Å². The third-order valence-electron chi connectivity index (χ3n) is 1.18. The zero-order chi connectivity index (χ0) is 8.39. The number of thiazole rings is 2. The highest BCUT2D eigenvalue weighted by molar-refractivity contribution is 7.14. The van der Waals surface area contributed by atoms with Gasteiger partial charge >= 0.3 is 0 Å². The van der Waals surface area contributed by atoms with E-state index >= 15 is 0 Å². The highest BCUT2D eigenvalue weighted by atomic mass is 32.1. The van der Waals surface area contributed by atoms with Crippen LogP contribution in [0, 0.1) is 6.92 Å². The van der Waals surface area contributed by atoms with E-state index in [1.165, 1.54) is 22.7 Å². The molecule has 0 saturated heterocycles. The van der Waals surface area contributed by atoms with Gasteiger partial charge in [0.15, 0.2) is 0 Å². The molecular formula is C7H6N2OS2. The van der Waals surface area contributed by atoms with Crippen molar-refractivity contribution >= 4 is 22.7 Å². The molecule has 2 aromatic rings. The van der Waals surface area contributed by atoms with Gasteiger partial charge in [0.05, 0.1) is 0 Å². The fourth-order valence-corrected chi connectivity index (χ4v) is 1.86. The Balaban J connectivity index is 2.14. The molecule has 0 bridgehead atoms. The van der Waals surface area contributed by atoms with Crippen LogP contribution in [0.15, 0.2) is 17.8 Å². The van der Waals surface area contributed by atoms with Crippen LogP contribution in [-0.4, -0.2) is 9.97 Å². The molecule has 0 amide bonds. The first-order valence-electron chi connectivity index (χ1n) is 3.34. The van der Waals surface area contributed by atoms with E-state index < -0.39 is 0 Å². The minimum absolute atomic E-state index is 0.643. The van der Waals surface area contributed by atoms with E-state index in [0.717, 1.165) is 4.88 Å². The average Bonchev–Trinajstić information content (AvgIpc) is 2.63. The molecule has 5 heteroatoms. The van der Waals surface area contributed by atoms with E-state index in [1.54, 1.807) is 12.4 Å². The zero-order valence-corrected chi connectivity index (χ0v) is 7.98. The molecule has 0 N–H and O–H groups in total. The first kappa shape index (κ1) is 7.70. The molecule has 0 aliphatic heterocycles. The maximum absolute atomic E-state index is 5.35. The highest BCUT2D eigenvalue weighted by Crippen LogP contribution is 2.26. The third-order valence-corrected chi connectivity index (χ3v) is 2.62. The van der Waals surface area contributed by atoms with Gasteiger partial charge in [0, 0.05) is 22.7 Å². The Morgan fingerprint density at radius 2 is 2.25 bits per heavy atom. The van der Waals surface area contributed by atoms with Crippen molar-refractivity contribution in [2.75, 3.05) is 0 Å². The normalized spacial score (nSPS) is 10.1. The molecule has 0 fully saturated rings. The van der Waals surface area contributed by atoms with Gasteiger partial charge in [-0.2, -0.15) is 0 Å². The van der Waals surface area contributed by atoms with Gasteiger partial charge in [-0.05, 0) is 6.92 Å². The number of aromatic nitrogens is 2. The molecule has 62 valence electrons. The van der Waals surface area contributed by atoms with Crippen LogP contribution in [0.4, 0.5) is 0 Å². The van der Waals surface area contributed by atoms with E-state index in [0.29, 0.717) is 10.4 Å². The van der Waals surface area contributed by atoms with E-state index in [1.807, 2.05) is 12.3 Å². The van der Waals surface area contributed by atoms with Crippen LogP contribution in [-0.2, 0) is 0 Å². The number of hydrogen-bond donors (Lipinski definition) is 0. The fourth-order valence-electron chi connectivity index (χ4n) is 0.717. The molecule has 0 spiro atoms. The first-order valence-corrected chi connectivity index (χ1v) is 5.04. The number of hydrogen-bond acceptors (Lipinski definition) is 5. The van der Waals surface area contributed by atoms with Crippen molar-refractivity contribution in [1.82, 2.24) is 9.97 Å². The molecule has 0 radical (unpaired) electrons. The van der Waals surface area contributed by atoms with Crippen molar-refractivity contribution in [2.24, 2.45) is 0 Å². The van der Waals surface area contributed by atoms with Crippen molar-refractivity contribution in [3.63, 3.8) is 0 Å². The monoisotopic (exact) mass is 198 g/mol. The highest BCUT2D eigenvalue weighted by Gasteiger charge is 2.02. The van der Waals surface area contributed by atoms with E-state index in [4.69, 9.17) is 4.74 Å². The lowest BCUT2D eigenvalue weighted by atomic mass is 10.7. The van der Waals surface area contributed by atoms with E-state index in [2.05, 4.69) is 9.97 Å². The molecule has 2 rings (SSSR count). The largest absolute Gasteiger partial charge is 0.402 e. The van der Waals surface area contributed by atoms with E-state index in [9.17, 15) is 0 Å². The smallest absolute Gasteiger partial charge is 0.280 e. The van der Waals surface area contributed by atoms with Crippen molar-refractivity contribution in [3.05, 3.63) is 22.7 Å². The van der Waals surface area contributed by atoms with Crippen LogP contribution in [0.1, 0.15) is 4.88 Å². The third kappa shape index (κ3) is 1.62. The molecule has 3 nitrogen and oxygen atoms in total. The summed E-state index contributed by atoms with van der Waals surface area (Å²) >= 11 is 2.98. The maximum Gasteiger partial charge on any atom is 0.280 e. The van der Waals surface area contributed by atoms with Gasteiger partial charge in [0.1, 0.15) is 0 Å². The van der Waals surface area contributed by atoms with Gasteiger partial charge < -0.3 is 4.74 Å². The van der Waals surface area contributed by atoms with Crippen LogP contribution in [0.5, 0.6) is 10.4 Å². The van der Waals surface area contributed by atoms with Gasteiger partial charge in [-0.25, -0.2) is 9.97 Å². The quantitative estimate of drug-likeness (QED) is 0.744. The molecule has 0 saturated carbocycles. The summed E-state index contributed by atoms with van der Waals surface area (Å²) in [5.74, 6) is 0. The zero-order valence-electron chi connectivity index (χ0n) is 6.35. The summed E-state index contributed by atoms with van der Waals surface area (Å²) in [6.07, 6.45) is 3.49. The van der Waals surface area contributed by atoms with Crippen LogP contribution < -0.4 is 4.74 Å². The summed E-state index contributed by atoms with van der Waals surface area (Å²) in [4.78, 5) is 9.18. The van der Waals surface area contributed by atoms with Gasteiger partial charge in [0.2, 0.25) is 0 Å². The number of ether oxygens (including phenoxy) is 1. The van der Waals surface area contributed by atoms with Crippen molar-refractivity contribution in [3.8, 4) is 10.4 Å². The first-order chi connectivity index (χ1) is 5.84. The molecule has 2 heterocycles. The Morgan fingerprint density at radius 3 is 2.83 bits per heavy atom. The molecular weight excluding hydrogens is 192 g/mol. The van der Waals surface area contributed by atoms with Crippen molar-refractivity contribution in [1.29, 1.82) is 0 Å². The summed E-state index contributed by atoms with van der Waals surface area (Å²) in [5, 5.41) is 3.17. The molecule has 0 unspecified atom stereocenters. The van der Waals surface area contributed by atoms with Crippen LogP contribution in [0.3, 0.4) is 0 Å². The predicted octanol–water partition coefficient (Wildman–Crippen LogP) is 2.70. The molecule has 0 aliphatic rings. The summed E-state index contributed by atoms with van der Waals surface area (Å²) < 4.78 is 5.35. The second-order valence-corrected chi connectivity index (χ2v) is 4.19. The Hall–Kier alpha value is -0.940. The van der Waals surface area contributed by atoms with Gasteiger partial charge in [-0.3, -0.25) is 0 Å². The second kappa shape index (κ2) is 3.20. The molecule has 12 heavy (non-hydrogen) atoms. The standard InChI is InChI=1S/C7H6N2OS2/c1-5-4-9-7(12-5)10-6-8-2-3-11-6/h2-4H,1H3. The Labute approximate surface area is 77.7 Å². The SMILES string of the molecule is Cc1cnc(Oc2nccs2)s1. The molecule has 2 aromatic heterocycles. The number of rotatable bonds is 2. The van der Waals surface area contributed by atoms with Crippen molar-refractivity contribution in [2.45, 2.75) is 6.92 Å². The van der Waals surface area contributed by atoms with Gasteiger partial charge in [0.25, 0.3) is 10.4 Å². The molecule has 0 atom stereocenters. The molecule has 0 aromatic carbocycles. The fraction of sp³-hybridized carbons (Fsp3) is 0.143. The Morgan fingerprint density at radius 1 is 1.33 bits per heavy atom. The maximum atomic E-state index is 5.35. The van der Waals surface area contributed by atoms with Gasteiger partial charge in [-0.15, -0.1) is 0 Å². The second-order valence-electron chi connectivity index (χ2n) is 2.14. The van der Waals surface area contributed by atoms with E-state index in [-0.39, 0.29) is 0 Å². The summed E-state index contributed by atoms with van der Waals surface area (Å²) in [6, 6.07) is 0. The lowest BCUT2D eigenvalue weighted by molar-refractivity contribution is 0.475. The Bertz CT molecular complexity index is 355. The lowest BCUT2D eigenvalue weighted by Gasteiger charge is -1.92. The van der Waals surface area contributed by atoms with Crippen LogP contribution >= 0.6 is 22.7 Å². The minimum Gasteiger partial charge on any atom is -0.402 e. The summed E-state index contributed by atoms with van der Waals surface area (Å²) in [7, 11) is 0. The number of nitrogens with zero attached hydrogens (tertiary/aromatic N) is 2. The lowest BCUT2D eigenvalue weighted by Crippen LogP contribution is -1.79. The van der Waals surface area contributed by atoms with Crippen molar-refractivity contribution < 1.29 is 4.74 Å². The molecule has 0 aliphatic carbocycles. The minimum atomic E-state index is 0.643. The number of aryl methyl sites for hydroxylation is 1. The Kier molecular flexibility index (Phi) is 2.05. The topological polar surface area (TPSA) is 35.0 Å². The summed E-state index contributed by atoms with van der Waals surface area (Å²) in [6.45, 7) is 1.99. The predicted molar refractivity (Wildman–Crippen MR) is 49.0 cm³/mol.